The van der Waals surface area contributed by atoms with Gasteiger partial charge in [0.15, 0.2) is 6.29 Å². The molecule has 0 spiro atoms. The molecule has 0 radical (unpaired) electrons. The van der Waals surface area contributed by atoms with Gasteiger partial charge in [-0.05, 0) is 44.9 Å². The van der Waals surface area contributed by atoms with Gasteiger partial charge in [-0.2, -0.15) is 0 Å². The fourth-order valence-corrected chi connectivity index (χ4v) is 4.65. The van der Waals surface area contributed by atoms with Crippen LogP contribution in [0, 0.1) is 0 Å². The van der Waals surface area contributed by atoms with Crippen LogP contribution in [0.15, 0.2) is 24.3 Å². The molecule has 0 heterocycles. The van der Waals surface area contributed by atoms with E-state index in [1.807, 2.05) is 0 Å². The van der Waals surface area contributed by atoms with E-state index in [1.54, 1.807) is 0 Å². The molecule has 0 bridgehead atoms. The Kier molecular flexibility index (Phi) is 32.8. The smallest absolute Gasteiger partial charge is 0.169 e. The molecule has 0 amide bonds. The highest BCUT2D eigenvalue weighted by molar-refractivity contribution is 4.92. The van der Waals surface area contributed by atoms with E-state index in [0.717, 1.165) is 32.5 Å². The molecule has 2 N–H and O–H groups in total. The first kappa shape index (κ1) is 36.4. The second kappa shape index (κ2) is 33.4. The van der Waals surface area contributed by atoms with E-state index in [-0.39, 0.29) is 6.29 Å². The molecule has 0 saturated carbocycles. The van der Waals surface area contributed by atoms with Gasteiger partial charge in [0.05, 0.1) is 0 Å². The van der Waals surface area contributed by atoms with Crippen molar-refractivity contribution in [1.29, 1.82) is 0 Å². The lowest BCUT2D eigenvalue weighted by Gasteiger charge is -2.16. The summed E-state index contributed by atoms with van der Waals surface area (Å²) >= 11 is 0. The molecule has 0 aromatic carbocycles. The molecule has 0 aromatic rings. The number of hydrogen-bond acceptors (Lipinski definition) is 3. The van der Waals surface area contributed by atoms with Crippen molar-refractivity contribution < 1.29 is 9.47 Å². The minimum Gasteiger partial charge on any atom is -0.351 e. The predicted octanol–water partition coefficient (Wildman–Crippen LogP) is 10.8. The highest BCUT2D eigenvalue weighted by atomic mass is 16.7. The molecule has 1 atom stereocenters. The summed E-state index contributed by atoms with van der Waals surface area (Å²) < 4.78 is 11.7. The summed E-state index contributed by atoms with van der Waals surface area (Å²) in [4.78, 5) is 0. The molecule has 220 valence electrons. The van der Waals surface area contributed by atoms with Crippen LogP contribution >= 0.6 is 0 Å². The molecule has 3 nitrogen and oxygen atoms in total. The summed E-state index contributed by atoms with van der Waals surface area (Å²) in [5.41, 5.74) is 5.83. The average molecular weight is 522 g/mol. The van der Waals surface area contributed by atoms with Gasteiger partial charge >= 0.3 is 0 Å². The fraction of sp³-hybridized carbons (Fsp3) is 0.882. The molecule has 0 aliphatic rings. The topological polar surface area (TPSA) is 44.5 Å². The van der Waals surface area contributed by atoms with E-state index in [1.165, 1.54) is 135 Å². The summed E-state index contributed by atoms with van der Waals surface area (Å²) in [6, 6.07) is 0. The molecule has 1 unspecified atom stereocenters. The molecule has 0 rings (SSSR count). The Labute approximate surface area is 233 Å². The first-order chi connectivity index (χ1) is 18.3. The number of unbranched alkanes of at least 4 members (excludes halogenated alkanes) is 20. The maximum Gasteiger partial charge on any atom is 0.169 e. The summed E-state index contributed by atoms with van der Waals surface area (Å²) in [5.74, 6) is 0. The maximum absolute atomic E-state index is 5.86. The van der Waals surface area contributed by atoms with Gasteiger partial charge in [-0.15, -0.1) is 0 Å². The third-order valence-electron chi connectivity index (χ3n) is 7.14. The predicted molar refractivity (Wildman–Crippen MR) is 165 cm³/mol. The number of nitrogens with two attached hydrogens (primary N) is 1. The lowest BCUT2D eigenvalue weighted by molar-refractivity contribution is -0.137. The summed E-state index contributed by atoms with van der Waals surface area (Å²) in [6.45, 7) is 6.56. The SMILES string of the molecule is CCCCC/C=C\C/C=C\CCCCCCCCOC(CN)OCCCCCCCCCCCCCC. The highest BCUT2D eigenvalue weighted by Gasteiger charge is 2.06. The number of allylic oxidation sites excluding steroid dienone is 4. The molecule has 3 heteroatoms. The van der Waals surface area contributed by atoms with Crippen molar-refractivity contribution in [2.75, 3.05) is 19.8 Å². The number of rotatable bonds is 31. The quantitative estimate of drug-likeness (QED) is 0.0560. The zero-order valence-corrected chi connectivity index (χ0v) is 25.4. The third kappa shape index (κ3) is 31.5. The minimum atomic E-state index is -0.217. The van der Waals surface area contributed by atoms with Crippen molar-refractivity contribution in [3.63, 3.8) is 0 Å². The van der Waals surface area contributed by atoms with Crippen molar-refractivity contribution in [1.82, 2.24) is 0 Å². The van der Waals surface area contributed by atoms with Crippen LogP contribution in [0.3, 0.4) is 0 Å². The average Bonchev–Trinajstić information content (AvgIpc) is 2.91. The maximum atomic E-state index is 5.86. The van der Waals surface area contributed by atoms with E-state index in [9.17, 15) is 0 Å². The second-order valence-electron chi connectivity index (χ2n) is 10.9. The summed E-state index contributed by atoms with van der Waals surface area (Å²) in [7, 11) is 0. The molecule has 0 saturated heterocycles. The molecule has 0 fully saturated rings. The molecule has 37 heavy (non-hydrogen) atoms. The van der Waals surface area contributed by atoms with Crippen molar-refractivity contribution in [2.45, 2.75) is 174 Å². The minimum absolute atomic E-state index is 0.217. The van der Waals surface area contributed by atoms with Crippen molar-refractivity contribution in [3.8, 4) is 0 Å². The molecular weight excluding hydrogens is 454 g/mol. The Bertz CT molecular complexity index is 463. The molecule has 0 aromatic heterocycles. The lowest BCUT2D eigenvalue weighted by Crippen LogP contribution is -2.27. The van der Waals surface area contributed by atoms with Crippen LogP contribution in [0.1, 0.15) is 168 Å². The van der Waals surface area contributed by atoms with Gasteiger partial charge in [0.2, 0.25) is 0 Å². The van der Waals surface area contributed by atoms with Crippen molar-refractivity contribution >= 4 is 0 Å². The van der Waals surface area contributed by atoms with Gasteiger partial charge in [0.1, 0.15) is 0 Å². The monoisotopic (exact) mass is 522 g/mol. The van der Waals surface area contributed by atoms with E-state index < -0.39 is 0 Å². The largest absolute Gasteiger partial charge is 0.351 e. The Morgan fingerprint density at radius 1 is 0.459 bits per heavy atom. The van der Waals surface area contributed by atoms with Crippen LogP contribution < -0.4 is 5.73 Å². The van der Waals surface area contributed by atoms with Crippen molar-refractivity contribution in [2.24, 2.45) is 5.73 Å². The number of ether oxygens (including phenoxy) is 2. The number of hydrogen-bond donors (Lipinski definition) is 1. The molecule has 0 aliphatic heterocycles. The van der Waals surface area contributed by atoms with E-state index in [2.05, 4.69) is 38.2 Å². The second-order valence-corrected chi connectivity index (χ2v) is 10.9. The summed E-state index contributed by atoms with van der Waals surface area (Å²) in [5, 5.41) is 0. The first-order valence-corrected chi connectivity index (χ1v) is 16.6. The molecule has 0 aliphatic carbocycles. The van der Waals surface area contributed by atoms with Gasteiger partial charge < -0.3 is 15.2 Å². The van der Waals surface area contributed by atoms with Crippen LogP contribution in [-0.4, -0.2) is 26.0 Å². The zero-order valence-electron chi connectivity index (χ0n) is 25.4. The van der Waals surface area contributed by atoms with Crippen LogP contribution in [0.25, 0.3) is 0 Å². The first-order valence-electron chi connectivity index (χ1n) is 16.6. The normalized spacial score (nSPS) is 12.8. The van der Waals surface area contributed by atoms with E-state index >= 15 is 0 Å². The van der Waals surface area contributed by atoms with Gasteiger partial charge in [-0.25, -0.2) is 0 Å². The standard InChI is InChI=1S/C34H67NO2/c1-3-5-7-9-11-13-15-17-18-19-20-22-24-26-28-30-32-37-34(33-35)36-31-29-27-25-23-21-16-14-12-10-8-6-4-2/h11,13,17-18,34H,3-10,12,14-16,19-33,35H2,1-2H3/b13-11-,18-17-. The highest BCUT2D eigenvalue weighted by Crippen LogP contribution is 2.12. The van der Waals surface area contributed by atoms with Crippen LogP contribution in [0.2, 0.25) is 0 Å². The Morgan fingerprint density at radius 3 is 1.24 bits per heavy atom. The van der Waals surface area contributed by atoms with E-state index in [0.29, 0.717) is 6.54 Å². The van der Waals surface area contributed by atoms with Crippen LogP contribution in [-0.2, 0) is 9.47 Å². The van der Waals surface area contributed by atoms with Crippen LogP contribution in [0.5, 0.6) is 0 Å². The van der Waals surface area contributed by atoms with Gasteiger partial charge in [-0.3, -0.25) is 0 Å². The Morgan fingerprint density at radius 2 is 0.811 bits per heavy atom. The van der Waals surface area contributed by atoms with Gasteiger partial charge in [-0.1, -0.05) is 147 Å². The van der Waals surface area contributed by atoms with Gasteiger partial charge in [0, 0.05) is 19.8 Å². The zero-order chi connectivity index (χ0) is 26.9. The van der Waals surface area contributed by atoms with Crippen molar-refractivity contribution in [3.05, 3.63) is 24.3 Å². The third-order valence-corrected chi connectivity index (χ3v) is 7.14. The lowest BCUT2D eigenvalue weighted by atomic mass is 10.1. The summed E-state index contributed by atoms with van der Waals surface area (Å²) in [6.07, 6.45) is 40.7. The Hall–Kier alpha value is -0.640. The Balaban J connectivity index is 3.33. The fourth-order valence-electron chi connectivity index (χ4n) is 4.65. The van der Waals surface area contributed by atoms with E-state index in [4.69, 9.17) is 15.2 Å². The van der Waals surface area contributed by atoms with Gasteiger partial charge in [0.25, 0.3) is 0 Å². The van der Waals surface area contributed by atoms with Crippen LogP contribution in [0.4, 0.5) is 0 Å². The molecular formula is C34H67NO2.